The molecule has 1 aromatic carbocycles. The molecule has 0 saturated carbocycles. The van der Waals surface area contributed by atoms with E-state index in [2.05, 4.69) is 12.1 Å². The third kappa shape index (κ3) is 1.65. The lowest BCUT2D eigenvalue weighted by Crippen LogP contribution is -2.18. The number of hydrogen-bond donors (Lipinski definition) is 0. The lowest BCUT2D eigenvalue weighted by molar-refractivity contribution is -0.117. The van der Waals surface area contributed by atoms with Gasteiger partial charge in [0.05, 0.1) is 11.9 Å². The molecule has 82 valence electrons. The fourth-order valence-corrected chi connectivity index (χ4v) is 3.33. The van der Waals surface area contributed by atoms with Crippen LogP contribution in [0.4, 0.5) is 0 Å². The van der Waals surface area contributed by atoms with Crippen molar-refractivity contribution in [3.05, 3.63) is 41.7 Å². The summed E-state index contributed by atoms with van der Waals surface area (Å²) in [7, 11) is 0. The van der Waals surface area contributed by atoms with E-state index in [4.69, 9.17) is 4.74 Å². The average Bonchev–Trinajstić information content (AvgIpc) is 2.97. The molecule has 0 amide bonds. The van der Waals surface area contributed by atoms with Gasteiger partial charge in [0.25, 0.3) is 0 Å². The first kappa shape index (κ1) is 9.97. The van der Waals surface area contributed by atoms with E-state index in [0.29, 0.717) is 12.4 Å². The quantitative estimate of drug-likeness (QED) is 0.784. The van der Waals surface area contributed by atoms with Crippen LogP contribution in [0.2, 0.25) is 0 Å². The van der Waals surface area contributed by atoms with Gasteiger partial charge in [-0.1, -0.05) is 18.2 Å². The minimum absolute atomic E-state index is 0.0155. The van der Waals surface area contributed by atoms with Gasteiger partial charge in [-0.3, -0.25) is 4.79 Å². The zero-order valence-electron chi connectivity index (χ0n) is 8.81. The van der Waals surface area contributed by atoms with Gasteiger partial charge in [0.2, 0.25) is 5.78 Å². The molecule has 2 aliphatic heterocycles. The highest BCUT2D eigenvalue weighted by molar-refractivity contribution is 8.01. The molecule has 3 heteroatoms. The Morgan fingerprint density at radius 3 is 3.00 bits per heavy atom. The van der Waals surface area contributed by atoms with E-state index in [1.54, 1.807) is 11.8 Å². The Hall–Kier alpha value is -1.22. The van der Waals surface area contributed by atoms with Gasteiger partial charge in [0.1, 0.15) is 0 Å². The van der Waals surface area contributed by atoms with E-state index in [9.17, 15) is 4.79 Å². The fourth-order valence-electron chi connectivity index (χ4n) is 2.08. The molecule has 0 aromatic heterocycles. The number of benzene rings is 1. The van der Waals surface area contributed by atoms with Gasteiger partial charge >= 0.3 is 0 Å². The van der Waals surface area contributed by atoms with Crippen molar-refractivity contribution in [3.8, 4) is 0 Å². The predicted octanol–water partition coefficient (Wildman–Crippen LogP) is 2.58. The number of ketones is 1. The number of rotatable bonds is 2. The van der Waals surface area contributed by atoms with Gasteiger partial charge in [-0.2, -0.15) is 0 Å². The molecule has 1 atom stereocenters. The second-order valence-electron chi connectivity index (χ2n) is 3.99. The Bertz CT molecular complexity index is 440. The van der Waals surface area contributed by atoms with Gasteiger partial charge in [-0.25, -0.2) is 0 Å². The molecule has 2 heterocycles. The summed E-state index contributed by atoms with van der Waals surface area (Å²) in [5.74, 6) is 0.726. The van der Waals surface area contributed by atoms with Crippen molar-refractivity contribution in [2.75, 3.05) is 6.61 Å². The van der Waals surface area contributed by atoms with Gasteiger partial charge in [-0.15, -0.1) is 11.8 Å². The molecular formula is C13H12O2S. The molecular weight excluding hydrogens is 220 g/mol. The number of allylic oxidation sites excluding steroid dienone is 1. The van der Waals surface area contributed by atoms with Crippen LogP contribution in [0.25, 0.3) is 0 Å². The zero-order chi connectivity index (χ0) is 11.0. The smallest absolute Gasteiger partial charge is 0.210 e. The van der Waals surface area contributed by atoms with Crippen LogP contribution in [0.5, 0.6) is 0 Å². The second kappa shape index (κ2) is 3.98. The van der Waals surface area contributed by atoms with E-state index < -0.39 is 0 Å². The first-order valence-electron chi connectivity index (χ1n) is 5.46. The topological polar surface area (TPSA) is 26.3 Å². The summed E-state index contributed by atoms with van der Waals surface area (Å²) < 4.78 is 5.32. The molecule has 3 rings (SSSR count). The number of Topliss-reactive ketones (excluding diaryl/α,β-unsaturated/α-hetero) is 1. The van der Waals surface area contributed by atoms with Crippen LogP contribution in [0.1, 0.15) is 12.0 Å². The van der Waals surface area contributed by atoms with Gasteiger partial charge in [-0.05, 0) is 24.1 Å². The monoisotopic (exact) mass is 232 g/mol. The van der Waals surface area contributed by atoms with Gasteiger partial charge in [0.15, 0.2) is 5.76 Å². The van der Waals surface area contributed by atoms with Crippen molar-refractivity contribution in [1.82, 2.24) is 0 Å². The molecule has 0 fully saturated rings. The molecule has 0 aliphatic carbocycles. The zero-order valence-corrected chi connectivity index (χ0v) is 9.63. The predicted molar refractivity (Wildman–Crippen MR) is 63.5 cm³/mol. The highest BCUT2D eigenvalue weighted by atomic mass is 32.2. The number of hydrogen-bond acceptors (Lipinski definition) is 3. The van der Waals surface area contributed by atoms with Crippen LogP contribution in [-0.4, -0.2) is 17.6 Å². The van der Waals surface area contributed by atoms with Crippen LogP contribution < -0.4 is 0 Å². The number of ether oxygens (including phenoxy) is 1. The number of carbonyl (C=O) groups excluding carboxylic acids is 1. The van der Waals surface area contributed by atoms with Crippen LogP contribution in [0.15, 0.2) is 41.0 Å². The standard InChI is InChI=1S/C13H12O2S/c14-13(10-5-3-7-15-10)12-8-9-4-1-2-6-11(9)16-12/h1-2,4-6,12H,3,7-8H2. The van der Waals surface area contributed by atoms with Crippen LogP contribution >= 0.6 is 11.8 Å². The summed E-state index contributed by atoms with van der Waals surface area (Å²) in [6, 6.07) is 8.22. The SMILES string of the molecule is O=C(C1=CCCO1)C1Cc2ccccc2S1. The van der Waals surface area contributed by atoms with Crippen molar-refractivity contribution in [3.63, 3.8) is 0 Å². The van der Waals surface area contributed by atoms with Crippen LogP contribution in [-0.2, 0) is 16.0 Å². The van der Waals surface area contributed by atoms with Crippen LogP contribution in [0, 0.1) is 0 Å². The molecule has 0 saturated heterocycles. The summed E-state index contributed by atoms with van der Waals surface area (Å²) >= 11 is 1.66. The minimum Gasteiger partial charge on any atom is -0.490 e. The Morgan fingerprint density at radius 2 is 2.25 bits per heavy atom. The Balaban J connectivity index is 1.78. The largest absolute Gasteiger partial charge is 0.490 e. The molecule has 16 heavy (non-hydrogen) atoms. The fraction of sp³-hybridized carbons (Fsp3) is 0.308. The number of carbonyl (C=O) groups is 1. The number of thioether (sulfide) groups is 1. The van der Waals surface area contributed by atoms with E-state index in [1.165, 1.54) is 10.5 Å². The van der Waals surface area contributed by atoms with E-state index in [1.807, 2.05) is 18.2 Å². The molecule has 1 unspecified atom stereocenters. The highest BCUT2D eigenvalue weighted by Crippen LogP contribution is 2.38. The van der Waals surface area contributed by atoms with Gasteiger partial charge < -0.3 is 4.74 Å². The Morgan fingerprint density at radius 1 is 1.38 bits per heavy atom. The normalized spacial score (nSPS) is 22.5. The lowest BCUT2D eigenvalue weighted by Gasteiger charge is -2.07. The summed E-state index contributed by atoms with van der Waals surface area (Å²) in [6.07, 6.45) is 3.61. The Labute approximate surface area is 98.7 Å². The molecule has 0 spiro atoms. The molecule has 2 aliphatic rings. The number of fused-ring (bicyclic) bond motifs is 1. The molecule has 0 radical (unpaired) electrons. The summed E-state index contributed by atoms with van der Waals surface area (Å²) in [4.78, 5) is 13.3. The van der Waals surface area contributed by atoms with Crippen molar-refractivity contribution < 1.29 is 9.53 Å². The molecule has 2 nitrogen and oxygen atoms in total. The molecule has 1 aromatic rings. The summed E-state index contributed by atoms with van der Waals surface area (Å²) in [5.41, 5.74) is 1.28. The van der Waals surface area contributed by atoms with Gasteiger partial charge in [0, 0.05) is 11.3 Å². The lowest BCUT2D eigenvalue weighted by atomic mass is 10.1. The first-order chi connectivity index (χ1) is 7.84. The Kier molecular flexibility index (Phi) is 2.48. The summed E-state index contributed by atoms with van der Waals surface area (Å²) in [5, 5.41) is 0.0155. The highest BCUT2D eigenvalue weighted by Gasteiger charge is 2.31. The first-order valence-corrected chi connectivity index (χ1v) is 6.34. The van der Waals surface area contributed by atoms with Crippen LogP contribution in [0.3, 0.4) is 0 Å². The maximum Gasteiger partial charge on any atom is 0.210 e. The van der Waals surface area contributed by atoms with E-state index in [-0.39, 0.29) is 11.0 Å². The minimum atomic E-state index is 0.0155. The van der Waals surface area contributed by atoms with E-state index in [0.717, 1.165) is 12.8 Å². The molecule has 0 N–H and O–H groups in total. The second-order valence-corrected chi connectivity index (χ2v) is 5.23. The van der Waals surface area contributed by atoms with E-state index >= 15 is 0 Å². The van der Waals surface area contributed by atoms with Crippen molar-refractivity contribution in [2.24, 2.45) is 0 Å². The molecule has 0 bridgehead atoms. The van der Waals surface area contributed by atoms with Crippen molar-refractivity contribution >= 4 is 17.5 Å². The summed E-state index contributed by atoms with van der Waals surface area (Å²) in [6.45, 7) is 0.658. The third-order valence-electron chi connectivity index (χ3n) is 2.89. The maximum absolute atomic E-state index is 12.1. The maximum atomic E-state index is 12.1. The van der Waals surface area contributed by atoms with Crippen molar-refractivity contribution in [2.45, 2.75) is 23.0 Å². The third-order valence-corrected chi connectivity index (χ3v) is 4.21. The average molecular weight is 232 g/mol. The van der Waals surface area contributed by atoms with Crippen molar-refractivity contribution in [1.29, 1.82) is 0 Å².